The Bertz CT molecular complexity index is 744. The van der Waals surface area contributed by atoms with Gasteiger partial charge in [0.05, 0.1) is 0 Å². The molecule has 0 bridgehead atoms. The molecule has 23 heavy (non-hydrogen) atoms. The number of hydrogen-bond donors (Lipinski definition) is 0. The second-order valence-corrected chi connectivity index (χ2v) is 5.95. The third kappa shape index (κ3) is 3.73. The number of benzene rings is 1. The Morgan fingerprint density at radius 3 is 2.57 bits per heavy atom. The van der Waals surface area contributed by atoms with Gasteiger partial charge in [-0.1, -0.05) is 12.8 Å². The fourth-order valence-electron chi connectivity index (χ4n) is 2.92. The lowest BCUT2D eigenvalue weighted by Gasteiger charge is -2.24. The summed E-state index contributed by atoms with van der Waals surface area (Å²) in [6.45, 7) is 3.37. The molecule has 1 aliphatic heterocycles. The number of fused-ring (bicyclic) bond motifs is 1. The number of ether oxygens (including phenoxy) is 1. The molecule has 5 nitrogen and oxygen atoms in total. The van der Waals surface area contributed by atoms with Crippen LogP contribution in [-0.4, -0.2) is 30.0 Å². The van der Waals surface area contributed by atoms with E-state index in [1.165, 1.54) is 18.9 Å². The standard InChI is InChI=1S/C18H21NO4/c1-13(18(21)19-10-4-2-3-5-11-19)22-15-8-6-14-7-9-17(20)23-16(14)12-15/h6-9,12-13H,2-5,10-11H2,1H3/t13-/m0/s1. The van der Waals surface area contributed by atoms with Gasteiger partial charge < -0.3 is 14.1 Å². The number of hydrogen-bond acceptors (Lipinski definition) is 4. The maximum Gasteiger partial charge on any atom is 0.336 e. The summed E-state index contributed by atoms with van der Waals surface area (Å²) in [6.07, 6.45) is 3.92. The number of rotatable bonds is 3. The molecule has 0 radical (unpaired) electrons. The van der Waals surface area contributed by atoms with E-state index in [-0.39, 0.29) is 5.91 Å². The highest BCUT2D eigenvalue weighted by Crippen LogP contribution is 2.21. The maximum atomic E-state index is 12.5. The van der Waals surface area contributed by atoms with Crippen molar-refractivity contribution < 1.29 is 13.9 Å². The minimum Gasteiger partial charge on any atom is -0.481 e. The van der Waals surface area contributed by atoms with Crippen LogP contribution in [0.5, 0.6) is 5.75 Å². The van der Waals surface area contributed by atoms with E-state index in [2.05, 4.69) is 0 Å². The predicted octanol–water partition coefficient (Wildman–Crippen LogP) is 2.96. The van der Waals surface area contributed by atoms with Crippen molar-refractivity contribution in [1.82, 2.24) is 4.90 Å². The molecule has 0 spiro atoms. The molecular weight excluding hydrogens is 294 g/mol. The summed E-state index contributed by atoms with van der Waals surface area (Å²) in [5.41, 5.74) is 0.0627. The van der Waals surface area contributed by atoms with Crippen LogP contribution in [0.25, 0.3) is 11.0 Å². The van der Waals surface area contributed by atoms with Crippen LogP contribution in [0.2, 0.25) is 0 Å². The minimum absolute atomic E-state index is 0.0153. The van der Waals surface area contributed by atoms with Crippen LogP contribution < -0.4 is 10.4 Å². The van der Waals surface area contributed by atoms with Gasteiger partial charge >= 0.3 is 5.63 Å². The Balaban J connectivity index is 1.72. The molecule has 0 unspecified atom stereocenters. The van der Waals surface area contributed by atoms with Crippen molar-refractivity contribution in [3.63, 3.8) is 0 Å². The molecule has 122 valence electrons. The second kappa shape index (κ2) is 6.86. The lowest BCUT2D eigenvalue weighted by Crippen LogP contribution is -2.40. The van der Waals surface area contributed by atoms with Crippen molar-refractivity contribution in [2.75, 3.05) is 13.1 Å². The quantitative estimate of drug-likeness (QED) is 0.817. The molecule has 1 aromatic carbocycles. The highest BCUT2D eigenvalue weighted by Gasteiger charge is 2.22. The summed E-state index contributed by atoms with van der Waals surface area (Å²) >= 11 is 0. The van der Waals surface area contributed by atoms with Crippen molar-refractivity contribution in [3.8, 4) is 5.75 Å². The Morgan fingerprint density at radius 2 is 1.83 bits per heavy atom. The van der Waals surface area contributed by atoms with Gasteiger partial charge in [-0.05, 0) is 38.0 Å². The van der Waals surface area contributed by atoms with Gasteiger partial charge in [-0.3, -0.25) is 4.79 Å². The molecule has 3 rings (SSSR count). The number of likely N-dealkylation sites (tertiary alicyclic amines) is 1. The van der Waals surface area contributed by atoms with E-state index < -0.39 is 11.7 Å². The predicted molar refractivity (Wildman–Crippen MR) is 87.6 cm³/mol. The molecule has 2 aromatic rings. The van der Waals surface area contributed by atoms with Crippen molar-refractivity contribution in [2.45, 2.75) is 38.7 Å². The lowest BCUT2D eigenvalue weighted by atomic mass is 10.2. The van der Waals surface area contributed by atoms with Gasteiger partial charge in [-0.15, -0.1) is 0 Å². The smallest absolute Gasteiger partial charge is 0.336 e. The lowest BCUT2D eigenvalue weighted by molar-refractivity contribution is -0.137. The molecule has 5 heteroatoms. The number of amides is 1. The van der Waals surface area contributed by atoms with E-state index in [1.54, 1.807) is 25.1 Å². The van der Waals surface area contributed by atoms with E-state index >= 15 is 0 Å². The summed E-state index contributed by atoms with van der Waals surface area (Å²) in [5.74, 6) is 0.545. The fraction of sp³-hybridized carbons (Fsp3) is 0.444. The molecule has 1 aromatic heterocycles. The van der Waals surface area contributed by atoms with Gasteiger partial charge in [0.1, 0.15) is 11.3 Å². The average molecular weight is 315 g/mol. The Labute approximate surface area is 134 Å². The zero-order chi connectivity index (χ0) is 16.2. The van der Waals surface area contributed by atoms with E-state index in [1.807, 2.05) is 11.0 Å². The summed E-state index contributed by atoms with van der Waals surface area (Å²) in [4.78, 5) is 25.7. The molecule has 0 aliphatic carbocycles. The van der Waals surface area contributed by atoms with Gasteiger partial charge in [-0.25, -0.2) is 4.79 Å². The largest absolute Gasteiger partial charge is 0.481 e. The van der Waals surface area contributed by atoms with Gasteiger partial charge in [0.2, 0.25) is 0 Å². The zero-order valence-electron chi connectivity index (χ0n) is 13.3. The first-order valence-corrected chi connectivity index (χ1v) is 8.13. The molecule has 0 N–H and O–H groups in total. The average Bonchev–Trinajstić information content (AvgIpc) is 2.83. The van der Waals surface area contributed by atoms with Gasteiger partial charge in [0.15, 0.2) is 6.10 Å². The van der Waals surface area contributed by atoms with E-state index in [0.717, 1.165) is 31.3 Å². The molecule has 1 aliphatic rings. The molecule has 1 amide bonds. The first-order valence-electron chi connectivity index (χ1n) is 8.13. The normalized spacial score (nSPS) is 16.8. The Kier molecular flexibility index (Phi) is 4.65. The van der Waals surface area contributed by atoms with E-state index in [0.29, 0.717) is 11.3 Å². The van der Waals surface area contributed by atoms with Crippen molar-refractivity contribution in [1.29, 1.82) is 0 Å². The van der Waals surface area contributed by atoms with E-state index in [9.17, 15) is 9.59 Å². The monoisotopic (exact) mass is 315 g/mol. The second-order valence-electron chi connectivity index (χ2n) is 5.95. The number of carbonyl (C=O) groups is 1. The Morgan fingerprint density at radius 1 is 1.13 bits per heavy atom. The van der Waals surface area contributed by atoms with Crippen LogP contribution >= 0.6 is 0 Å². The summed E-state index contributed by atoms with van der Waals surface area (Å²) in [6, 6.07) is 8.35. The summed E-state index contributed by atoms with van der Waals surface area (Å²) in [5, 5.41) is 0.823. The van der Waals surface area contributed by atoms with Crippen LogP contribution in [0.3, 0.4) is 0 Å². The fourth-order valence-corrected chi connectivity index (χ4v) is 2.92. The molecular formula is C18H21NO4. The highest BCUT2D eigenvalue weighted by atomic mass is 16.5. The summed E-state index contributed by atoms with van der Waals surface area (Å²) in [7, 11) is 0. The van der Waals surface area contributed by atoms with Crippen molar-refractivity contribution in [3.05, 3.63) is 40.8 Å². The van der Waals surface area contributed by atoms with Crippen LogP contribution in [0, 0.1) is 0 Å². The topological polar surface area (TPSA) is 59.8 Å². The number of nitrogens with zero attached hydrogens (tertiary/aromatic N) is 1. The highest BCUT2D eigenvalue weighted by molar-refractivity contribution is 5.81. The minimum atomic E-state index is -0.555. The third-order valence-corrected chi connectivity index (χ3v) is 4.17. The van der Waals surface area contributed by atoms with Gasteiger partial charge in [0.25, 0.3) is 5.91 Å². The van der Waals surface area contributed by atoms with Gasteiger partial charge in [0, 0.05) is 30.6 Å². The number of carbonyl (C=O) groups excluding carboxylic acids is 1. The first kappa shape index (κ1) is 15.6. The van der Waals surface area contributed by atoms with E-state index in [4.69, 9.17) is 9.15 Å². The van der Waals surface area contributed by atoms with Crippen LogP contribution in [0.15, 0.2) is 39.5 Å². The van der Waals surface area contributed by atoms with Crippen LogP contribution in [0.1, 0.15) is 32.6 Å². The summed E-state index contributed by atoms with van der Waals surface area (Å²) < 4.78 is 10.9. The van der Waals surface area contributed by atoms with Crippen LogP contribution in [0.4, 0.5) is 0 Å². The van der Waals surface area contributed by atoms with Crippen molar-refractivity contribution >= 4 is 16.9 Å². The zero-order valence-corrected chi connectivity index (χ0v) is 13.3. The molecule has 0 saturated carbocycles. The SMILES string of the molecule is C[C@H](Oc1ccc2ccc(=O)oc2c1)C(=O)N1CCCCCC1. The Hall–Kier alpha value is -2.30. The molecule has 1 saturated heterocycles. The maximum absolute atomic E-state index is 12.5. The first-order chi connectivity index (χ1) is 11.1. The van der Waals surface area contributed by atoms with Gasteiger partial charge in [-0.2, -0.15) is 0 Å². The molecule has 2 heterocycles. The van der Waals surface area contributed by atoms with Crippen LogP contribution in [-0.2, 0) is 4.79 Å². The molecule has 1 atom stereocenters. The third-order valence-electron chi connectivity index (χ3n) is 4.17. The molecule has 1 fully saturated rings. The van der Waals surface area contributed by atoms with Crippen molar-refractivity contribution in [2.24, 2.45) is 0 Å².